The highest BCUT2D eigenvalue weighted by Gasteiger charge is 2.05. The molecule has 1 rings (SSSR count). The molecule has 92 valence electrons. The van der Waals surface area contributed by atoms with E-state index in [9.17, 15) is 9.50 Å². The molecule has 0 spiro atoms. The van der Waals surface area contributed by atoms with Crippen LogP contribution in [0.4, 0.5) is 4.39 Å². The summed E-state index contributed by atoms with van der Waals surface area (Å²) in [6.07, 6.45) is 1.27. The number of aliphatic hydroxyl groups is 1. The number of nitrogens with zero attached hydrogens (tertiary/aromatic N) is 1. The molecule has 0 aliphatic rings. The quantitative estimate of drug-likeness (QED) is 0.793. The van der Waals surface area contributed by atoms with Crippen LogP contribution in [0.2, 0.25) is 0 Å². The lowest BCUT2D eigenvalue weighted by Crippen LogP contribution is -2.26. The van der Waals surface area contributed by atoms with Crippen molar-refractivity contribution in [2.75, 3.05) is 6.54 Å². The molecule has 0 amide bonds. The Bertz CT molecular complexity index is 401. The summed E-state index contributed by atoms with van der Waals surface area (Å²) < 4.78 is 13.0. The lowest BCUT2D eigenvalue weighted by molar-refractivity contribution is 0.160. The monoisotopic (exact) mass is 236 g/mol. The van der Waals surface area contributed by atoms with Gasteiger partial charge in [0.05, 0.1) is 17.7 Å². The second kappa shape index (κ2) is 7.00. The van der Waals surface area contributed by atoms with Gasteiger partial charge in [0.2, 0.25) is 0 Å². The van der Waals surface area contributed by atoms with Gasteiger partial charge in [-0.3, -0.25) is 0 Å². The molecule has 2 N–H and O–H groups in total. The van der Waals surface area contributed by atoms with Gasteiger partial charge in [0.1, 0.15) is 5.82 Å². The normalized spacial score (nSPS) is 12.1. The van der Waals surface area contributed by atoms with Crippen LogP contribution in [0.5, 0.6) is 0 Å². The summed E-state index contributed by atoms with van der Waals surface area (Å²) in [4.78, 5) is 0. The molecule has 0 aliphatic carbocycles. The fraction of sp³-hybridized carbons (Fsp3) is 0.462. The molecule has 0 fully saturated rings. The number of nitrogens with one attached hydrogen (secondary N) is 1. The predicted molar refractivity (Wildman–Crippen MR) is 63.7 cm³/mol. The van der Waals surface area contributed by atoms with Crippen molar-refractivity contribution >= 4 is 0 Å². The summed E-state index contributed by atoms with van der Waals surface area (Å²) in [6.45, 7) is 2.85. The van der Waals surface area contributed by atoms with E-state index in [0.29, 0.717) is 24.2 Å². The van der Waals surface area contributed by atoms with Crippen molar-refractivity contribution in [1.29, 1.82) is 5.26 Å². The van der Waals surface area contributed by atoms with Crippen LogP contribution in [-0.4, -0.2) is 17.8 Å². The summed E-state index contributed by atoms with van der Waals surface area (Å²) in [5.41, 5.74) is 1.08. The van der Waals surface area contributed by atoms with E-state index in [-0.39, 0.29) is 11.9 Å². The zero-order valence-corrected chi connectivity index (χ0v) is 9.91. The van der Waals surface area contributed by atoms with Crippen LogP contribution >= 0.6 is 0 Å². The molecular formula is C13H17FN2O. The molecule has 0 aromatic heterocycles. The Kier molecular flexibility index (Phi) is 5.61. The van der Waals surface area contributed by atoms with E-state index in [2.05, 4.69) is 5.32 Å². The summed E-state index contributed by atoms with van der Waals surface area (Å²) in [7, 11) is 0. The molecule has 1 unspecified atom stereocenters. The van der Waals surface area contributed by atoms with Gasteiger partial charge in [-0.1, -0.05) is 13.3 Å². The maximum atomic E-state index is 13.0. The highest BCUT2D eigenvalue weighted by molar-refractivity contribution is 5.37. The third-order valence-corrected chi connectivity index (χ3v) is 2.51. The molecule has 4 heteroatoms. The number of halogens is 1. The molecule has 0 heterocycles. The molecule has 0 saturated heterocycles. The zero-order valence-electron chi connectivity index (χ0n) is 9.91. The lowest BCUT2D eigenvalue weighted by atomic mass is 10.1. The summed E-state index contributed by atoms with van der Waals surface area (Å²) in [6, 6.07) is 6.10. The van der Waals surface area contributed by atoms with Crippen molar-refractivity contribution in [3.63, 3.8) is 0 Å². The Morgan fingerprint density at radius 3 is 2.94 bits per heavy atom. The van der Waals surface area contributed by atoms with Crippen LogP contribution < -0.4 is 5.32 Å². The van der Waals surface area contributed by atoms with E-state index in [1.807, 2.05) is 13.0 Å². The summed E-state index contributed by atoms with van der Waals surface area (Å²) >= 11 is 0. The van der Waals surface area contributed by atoms with Gasteiger partial charge in [0, 0.05) is 13.1 Å². The number of rotatable bonds is 6. The first-order chi connectivity index (χ1) is 8.17. The minimum Gasteiger partial charge on any atom is -0.392 e. The predicted octanol–water partition coefficient (Wildman–Crippen LogP) is 1.95. The Hall–Kier alpha value is -1.44. The van der Waals surface area contributed by atoms with E-state index >= 15 is 0 Å². The van der Waals surface area contributed by atoms with Gasteiger partial charge in [-0.25, -0.2) is 4.39 Å². The van der Waals surface area contributed by atoms with E-state index in [1.165, 1.54) is 18.2 Å². The van der Waals surface area contributed by atoms with Gasteiger partial charge < -0.3 is 10.4 Å². The van der Waals surface area contributed by atoms with Crippen LogP contribution in [0.15, 0.2) is 18.2 Å². The molecule has 17 heavy (non-hydrogen) atoms. The Labute approximate surface area is 101 Å². The highest BCUT2D eigenvalue weighted by Crippen LogP contribution is 2.10. The van der Waals surface area contributed by atoms with E-state index in [4.69, 9.17) is 5.26 Å². The fourth-order valence-corrected chi connectivity index (χ4v) is 1.63. The Balaban J connectivity index is 2.51. The first-order valence-electron chi connectivity index (χ1n) is 5.74. The van der Waals surface area contributed by atoms with Crippen LogP contribution in [-0.2, 0) is 6.54 Å². The third-order valence-electron chi connectivity index (χ3n) is 2.51. The topological polar surface area (TPSA) is 56.0 Å². The number of aliphatic hydroxyl groups excluding tert-OH is 1. The standard InChI is InChI=1S/C13H17FN2O/c1-2-3-13(17)9-16-8-11-6-12(14)5-4-10(11)7-15/h4-6,13,16-17H,2-3,8-9H2,1H3. The number of hydrogen-bond acceptors (Lipinski definition) is 3. The maximum absolute atomic E-state index is 13.0. The van der Waals surface area contributed by atoms with Gasteiger partial charge in [0.25, 0.3) is 0 Å². The largest absolute Gasteiger partial charge is 0.392 e. The Morgan fingerprint density at radius 2 is 2.29 bits per heavy atom. The average molecular weight is 236 g/mol. The lowest BCUT2D eigenvalue weighted by Gasteiger charge is -2.11. The van der Waals surface area contributed by atoms with Crippen molar-refractivity contribution in [2.24, 2.45) is 0 Å². The van der Waals surface area contributed by atoms with Gasteiger partial charge >= 0.3 is 0 Å². The van der Waals surface area contributed by atoms with Crippen LogP contribution in [0.1, 0.15) is 30.9 Å². The maximum Gasteiger partial charge on any atom is 0.123 e. The summed E-state index contributed by atoms with van der Waals surface area (Å²) in [5, 5.41) is 21.4. The first-order valence-corrected chi connectivity index (χ1v) is 5.74. The number of benzene rings is 1. The second-order valence-corrected chi connectivity index (χ2v) is 3.99. The highest BCUT2D eigenvalue weighted by atomic mass is 19.1. The second-order valence-electron chi connectivity index (χ2n) is 3.99. The smallest absolute Gasteiger partial charge is 0.123 e. The SMILES string of the molecule is CCCC(O)CNCc1cc(F)ccc1C#N. The zero-order chi connectivity index (χ0) is 12.7. The van der Waals surface area contributed by atoms with Gasteiger partial charge in [-0.2, -0.15) is 5.26 Å². The molecule has 0 radical (unpaired) electrons. The van der Waals surface area contributed by atoms with Crippen LogP contribution in [0, 0.1) is 17.1 Å². The van der Waals surface area contributed by atoms with Gasteiger partial charge in [-0.15, -0.1) is 0 Å². The van der Waals surface area contributed by atoms with Crippen LogP contribution in [0.3, 0.4) is 0 Å². The fourth-order valence-electron chi connectivity index (χ4n) is 1.63. The van der Waals surface area contributed by atoms with Gasteiger partial charge in [-0.05, 0) is 30.2 Å². The first kappa shape index (κ1) is 13.6. The number of hydrogen-bond donors (Lipinski definition) is 2. The van der Waals surface area contributed by atoms with Crippen molar-refractivity contribution < 1.29 is 9.50 Å². The van der Waals surface area contributed by atoms with Crippen molar-refractivity contribution in [3.8, 4) is 6.07 Å². The van der Waals surface area contributed by atoms with E-state index in [1.54, 1.807) is 0 Å². The van der Waals surface area contributed by atoms with E-state index < -0.39 is 0 Å². The molecule has 0 aliphatic heterocycles. The number of nitriles is 1. The third kappa shape index (κ3) is 4.51. The van der Waals surface area contributed by atoms with Crippen LogP contribution in [0.25, 0.3) is 0 Å². The minimum absolute atomic E-state index is 0.352. The van der Waals surface area contributed by atoms with E-state index in [0.717, 1.165) is 12.8 Å². The Morgan fingerprint density at radius 1 is 1.53 bits per heavy atom. The molecular weight excluding hydrogens is 219 g/mol. The molecule has 1 aromatic carbocycles. The van der Waals surface area contributed by atoms with Crippen molar-refractivity contribution in [1.82, 2.24) is 5.32 Å². The molecule has 3 nitrogen and oxygen atoms in total. The molecule has 0 saturated carbocycles. The minimum atomic E-state index is -0.390. The van der Waals surface area contributed by atoms with Gasteiger partial charge in [0.15, 0.2) is 0 Å². The molecule has 0 bridgehead atoms. The summed E-state index contributed by atoms with van der Waals surface area (Å²) in [5.74, 6) is -0.352. The molecule has 1 atom stereocenters. The van der Waals surface area contributed by atoms with Crippen molar-refractivity contribution in [2.45, 2.75) is 32.4 Å². The molecule has 1 aromatic rings. The van der Waals surface area contributed by atoms with Crippen molar-refractivity contribution in [3.05, 3.63) is 35.1 Å². The average Bonchev–Trinajstić information content (AvgIpc) is 2.30.